The third-order valence-corrected chi connectivity index (χ3v) is 2.93. The molecule has 1 rings (SSSR count). The second-order valence-electron chi connectivity index (χ2n) is 4.37. The number of hydrogen-bond acceptors (Lipinski definition) is 2. The summed E-state index contributed by atoms with van der Waals surface area (Å²) in [6.07, 6.45) is 4.71. The molecule has 0 aromatic rings. The molecule has 0 bridgehead atoms. The van der Waals surface area contributed by atoms with Crippen molar-refractivity contribution < 1.29 is 4.74 Å². The van der Waals surface area contributed by atoms with Crippen molar-refractivity contribution in [1.29, 1.82) is 0 Å². The van der Waals surface area contributed by atoms with Crippen molar-refractivity contribution in [1.82, 2.24) is 5.32 Å². The molecule has 0 aromatic carbocycles. The molecule has 1 saturated carbocycles. The Hall–Kier alpha value is -0.770. The second kappa shape index (κ2) is 5.95. The SMILES string of the molecule is CCCNC(N)=NCC1(CCOC)CC1. The molecular weight excluding hydrogens is 190 g/mol. The number of methoxy groups -OCH3 is 1. The zero-order valence-corrected chi connectivity index (χ0v) is 9.88. The molecular formula is C11H23N3O. The molecule has 4 nitrogen and oxygen atoms in total. The molecule has 0 radical (unpaired) electrons. The molecule has 0 saturated heterocycles. The highest BCUT2D eigenvalue weighted by Gasteiger charge is 2.41. The summed E-state index contributed by atoms with van der Waals surface area (Å²) in [6, 6.07) is 0. The Labute approximate surface area is 92.3 Å². The molecule has 1 fully saturated rings. The van der Waals surface area contributed by atoms with Crippen LogP contribution in [0.15, 0.2) is 4.99 Å². The van der Waals surface area contributed by atoms with E-state index in [1.165, 1.54) is 12.8 Å². The maximum Gasteiger partial charge on any atom is 0.188 e. The molecule has 0 spiro atoms. The maximum atomic E-state index is 5.73. The number of nitrogens with one attached hydrogen (secondary N) is 1. The molecule has 0 aromatic heterocycles. The van der Waals surface area contributed by atoms with Crippen molar-refractivity contribution in [2.45, 2.75) is 32.6 Å². The summed E-state index contributed by atoms with van der Waals surface area (Å²) in [5.74, 6) is 0.584. The van der Waals surface area contributed by atoms with Gasteiger partial charge in [0.25, 0.3) is 0 Å². The minimum atomic E-state index is 0.397. The molecule has 0 aliphatic heterocycles. The predicted molar refractivity (Wildman–Crippen MR) is 62.9 cm³/mol. The molecule has 3 N–H and O–H groups in total. The van der Waals surface area contributed by atoms with Crippen LogP contribution in [0.4, 0.5) is 0 Å². The molecule has 4 heteroatoms. The van der Waals surface area contributed by atoms with Gasteiger partial charge in [-0.1, -0.05) is 6.92 Å². The minimum Gasteiger partial charge on any atom is -0.385 e. The van der Waals surface area contributed by atoms with Gasteiger partial charge in [0.1, 0.15) is 0 Å². The van der Waals surface area contributed by atoms with Crippen molar-refractivity contribution in [3.05, 3.63) is 0 Å². The van der Waals surface area contributed by atoms with Crippen LogP contribution in [0.5, 0.6) is 0 Å². The smallest absolute Gasteiger partial charge is 0.188 e. The third-order valence-electron chi connectivity index (χ3n) is 2.93. The van der Waals surface area contributed by atoms with Gasteiger partial charge in [-0.05, 0) is 31.1 Å². The van der Waals surface area contributed by atoms with Crippen molar-refractivity contribution in [3.63, 3.8) is 0 Å². The number of nitrogens with two attached hydrogens (primary N) is 1. The number of ether oxygens (including phenoxy) is 1. The van der Waals surface area contributed by atoms with Gasteiger partial charge in [0.15, 0.2) is 5.96 Å². The fourth-order valence-electron chi connectivity index (χ4n) is 1.54. The highest BCUT2D eigenvalue weighted by Crippen LogP contribution is 2.48. The standard InChI is InChI=1S/C11H23N3O/c1-3-7-13-10(12)14-9-11(4-5-11)6-8-15-2/h3-9H2,1-2H3,(H3,12,13,14). The lowest BCUT2D eigenvalue weighted by Crippen LogP contribution is -2.32. The van der Waals surface area contributed by atoms with Crippen LogP contribution < -0.4 is 11.1 Å². The van der Waals surface area contributed by atoms with Crippen LogP contribution in [0, 0.1) is 5.41 Å². The van der Waals surface area contributed by atoms with E-state index in [0.717, 1.165) is 32.5 Å². The van der Waals surface area contributed by atoms with Gasteiger partial charge in [-0.15, -0.1) is 0 Å². The molecule has 1 aliphatic carbocycles. The maximum absolute atomic E-state index is 5.73. The van der Waals surface area contributed by atoms with E-state index >= 15 is 0 Å². The van der Waals surface area contributed by atoms with Gasteiger partial charge in [-0.2, -0.15) is 0 Å². The summed E-state index contributed by atoms with van der Waals surface area (Å²) in [6.45, 7) is 4.69. The first-order chi connectivity index (χ1) is 7.22. The predicted octanol–water partition coefficient (Wildman–Crippen LogP) is 1.12. The summed E-state index contributed by atoms with van der Waals surface area (Å²) in [7, 11) is 1.75. The van der Waals surface area contributed by atoms with Gasteiger partial charge >= 0.3 is 0 Å². The summed E-state index contributed by atoms with van der Waals surface area (Å²) >= 11 is 0. The highest BCUT2D eigenvalue weighted by atomic mass is 16.5. The second-order valence-corrected chi connectivity index (χ2v) is 4.37. The monoisotopic (exact) mass is 213 g/mol. The van der Waals surface area contributed by atoms with Crippen LogP contribution in [-0.2, 0) is 4.74 Å². The molecule has 0 amide bonds. The number of rotatable bonds is 7. The third kappa shape index (κ3) is 4.51. The van der Waals surface area contributed by atoms with E-state index in [-0.39, 0.29) is 0 Å². The van der Waals surface area contributed by atoms with E-state index in [4.69, 9.17) is 10.5 Å². The first kappa shape index (κ1) is 12.3. The lowest BCUT2D eigenvalue weighted by Gasteiger charge is -2.12. The van der Waals surface area contributed by atoms with Crippen molar-refractivity contribution in [3.8, 4) is 0 Å². The molecule has 1 aliphatic rings. The normalized spacial score (nSPS) is 18.9. The Morgan fingerprint density at radius 1 is 1.53 bits per heavy atom. The van der Waals surface area contributed by atoms with Crippen molar-refractivity contribution in [2.24, 2.45) is 16.1 Å². The van der Waals surface area contributed by atoms with Gasteiger partial charge in [0.2, 0.25) is 0 Å². The summed E-state index contributed by atoms with van der Waals surface area (Å²) in [5, 5.41) is 3.09. The lowest BCUT2D eigenvalue weighted by molar-refractivity contribution is 0.174. The van der Waals surface area contributed by atoms with Crippen LogP contribution in [0.1, 0.15) is 32.6 Å². The number of guanidine groups is 1. The zero-order valence-electron chi connectivity index (χ0n) is 9.88. The molecule has 0 heterocycles. The summed E-state index contributed by atoms with van der Waals surface area (Å²) in [5.41, 5.74) is 6.13. The highest BCUT2D eigenvalue weighted by molar-refractivity contribution is 5.77. The average Bonchev–Trinajstić information content (AvgIpc) is 3.01. The summed E-state index contributed by atoms with van der Waals surface area (Å²) < 4.78 is 5.09. The zero-order chi connectivity index (χ0) is 11.1. The Kier molecular flexibility index (Phi) is 4.88. The van der Waals surface area contributed by atoms with E-state index in [9.17, 15) is 0 Å². The van der Waals surface area contributed by atoms with Gasteiger partial charge in [-0.3, -0.25) is 4.99 Å². The van der Waals surface area contributed by atoms with Crippen LogP contribution in [0.25, 0.3) is 0 Å². The fourth-order valence-corrected chi connectivity index (χ4v) is 1.54. The number of nitrogens with zero attached hydrogens (tertiary/aromatic N) is 1. The van der Waals surface area contributed by atoms with Crippen LogP contribution in [0.3, 0.4) is 0 Å². The van der Waals surface area contributed by atoms with Crippen molar-refractivity contribution in [2.75, 3.05) is 26.8 Å². The van der Waals surface area contributed by atoms with Gasteiger partial charge in [0.05, 0.1) is 0 Å². The summed E-state index contributed by atoms with van der Waals surface area (Å²) in [4.78, 5) is 4.38. The topological polar surface area (TPSA) is 59.6 Å². The first-order valence-electron chi connectivity index (χ1n) is 5.75. The largest absolute Gasteiger partial charge is 0.385 e. The van der Waals surface area contributed by atoms with Gasteiger partial charge in [0, 0.05) is 26.8 Å². The van der Waals surface area contributed by atoms with E-state index in [1.807, 2.05) is 0 Å². The number of hydrogen-bond donors (Lipinski definition) is 2. The van der Waals surface area contributed by atoms with Gasteiger partial charge in [-0.25, -0.2) is 0 Å². The average molecular weight is 213 g/mol. The van der Waals surface area contributed by atoms with Crippen LogP contribution in [0.2, 0.25) is 0 Å². The van der Waals surface area contributed by atoms with Crippen LogP contribution >= 0.6 is 0 Å². The minimum absolute atomic E-state index is 0.397. The van der Waals surface area contributed by atoms with Crippen molar-refractivity contribution >= 4 is 5.96 Å². The molecule has 0 unspecified atom stereocenters. The Balaban J connectivity index is 2.22. The quantitative estimate of drug-likeness (QED) is 0.492. The fraction of sp³-hybridized carbons (Fsp3) is 0.909. The Bertz CT molecular complexity index is 212. The Morgan fingerprint density at radius 3 is 2.80 bits per heavy atom. The lowest BCUT2D eigenvalue weighted by atomic mass is 10.0. The number of aliphatic imine (C=N–C) groups is 1. The first-order valence-corrected chi connectivity index (χ1v) is 5.75. The molecule has 0 atom stereocenters. The molecule has 15 heavy (non-hydrogen) atoms. The van der Waals surface area contributed by atoms with E-state index in [0.29, 0.717) is 11.4 Å². The van der Waals surface area contributed by atoms with E-state index < -0.39 is 0 Å². The molecule has 88 valence electrons. The van der Waals surface area contributed by atoms with Crippen LogP contribution in [-0.4, -0.2) is 32.8 Å². The van der Waals surface area contributed by atoms with E-state index in [2.05, 4.69) is 17.2 Å². The Morgan fingerprint density at radius 2 is 2.27 bits per heavy atom. The van der Waals surface area contributed by atoms with Gasteiger partial charge < -0.3 is 15.8 Å². The van der Waals surface area contributed by atoms with E-state index in [1.54, 1.807) is 7.11 Å².